The molecule has 1 aliphatic rings. The Balaban J connectivity index is 2.63. The van der Waals surface area contributed by atoms with Gasteiger partial charge in [0.1, 0.15) is 0 Å². The molecular formula is C7H15NOS. The molecule has 0 saturated carbocycles. The second-order valence-electron chi connectivity index (χ2n) is 3.56. The molecule has 2 unspecified atom stereocenters. The van der Waals surface area contributed by atoms with E-state index in [1.54, 1.807) is 0 Å². The maximum Gasteiger partial charge on any atom is 0.0417 e. The predicted octanol–water partition coefficient (Wildman–Crippen LogP) is 0.635. The van der Waals surface area contributed by atoms with Gasteiger partial charge >= 0.3 is 0 Å². The number of hydrogen-bond donors (Lipinski definition) is 1. The van der Waals surface area contributed by atoms with E-state index >= 15 is 0 Å². The van der Waals surface area contributed by atoms with Gasteiger partial charge in [-0.3, -0.25) is 4.21 Å². The van der Waals surface area contributed by atoms with Crippen LogP contribution in [0.4, 0.5) is 0 Å². The quantitative estimate of drug-likeness (QED) is 0.566. The molecule has 2 nitrogen and oxygen atoms in total. The van der Waals surface area contributed by atoms with Crippen LogP contribution in [0.2, 0.25) is 0 Å². The molecule has 1 rings (SSSR count). The summed E-state index contributed by atoms with van der Waals surface area (Å²) >= 11 is 0. The molecule has 1 saturated heterocycles. The van der Waals surface area contributed by atoms with Crippen LogP contribution in [0, 0.1) is 0 Å². The fourth-order valence-corrected chi connectivity index (χ4v) is 2.83. The molecule has 0 aromatic rings. The van der Waals surface area contributed by atoms with Gasteiger partial charge in [-0.05, 0) is 26.7 Å². The first kappa shape index (κ1) is 8.21. The summed E-state index contributed by atoms with van der Waals surface area (Å²) < 4.78 is 11.3. The SMILES string of the molecule is CC1(C)CC(N)CCS1=O. The molecule has 2 atom stereocenters. The molecule has 60 valence electrons. The molecule has 0 aromatic carbocycles. The largest absolute Gasteiger partial charge is 0.328 e. The predicted molar refractivity (Wildman–Crippen MR) is 44.3 cm³/mol. The van der Waals surface area contributed by atoms with Crippen LogP contribution in [0.5, 0.6) is 0 Å². The molecular weight excluding hydrogens is 146 g/mol. The highest BCUT2D eigenvalue weighted by atomic mass is 32.2. The van der Waals surface area contributed by atoms with Crippen LogP contribution >= 0.6 is 0 Å². The van der Waals surface area contributed by atoms with Crippen molar-refractivity contribution in [2.75, 3.05) is 5.75 Å². The lowest BCUT2D eigenvalue weighted by molar-refractivity contribution is 0.479. The van der Waals surface area contributed by atoms with Crippen LogP contribution in [0.15, 0.2) is 0 Å². The summed E-state index contributed by atoms with van der Waals surface area (Å²) in [6.07, 6.45) is 1.83. The van der Waals surface area contributed by atoms with Gasteiger partial charge in [-0.15, -0.1) is 0 Å². The van der Waals surface area contributed by atoms with Gasteiger partial charge < -0.3 is 5.73 Å². The van der Waals surface area contributed by atoms with E-state index in [0.717, 1.165) is 18.6 Å². The lowest BCUT2D eigenvalue weighted by atomic mass is 10.0. The lowest BCUT2D eigenvalue weighted by Gasteiger charge is -2.32. The molecule has 1 heterocycles. The summed E-state index contributed by atoms with van der Waals surface area (Å²) in [5.41, 5.74) is 5.74. The molecule has 2 N–H and O–H groups in total. The molecule has 0 amide bonds. The average Bonchev–Trinajstić information content (AvgIpc) is 1.78. The zero-order chi connectivity index (χ0) is 7.78. The first-order valence-corrected chi connectivity index (χ1v) is 4.98. The van der Waals surface area contributed by atoms with E-state index in [0.29, 0.717) is 0 Å². The molecule has 10 heavy (non-hydrogen) atoms. The third kappa shape index (κ3) is 1.58. The standard InChI is InChI=1S/C7H15NOS/c1-7(2)5-6(8)3-4-10(7)9/h6H,3-5,8H2,1-2H3. The molecule has 1 fully saturated rings. The lowest BCUT2D eigenvalue weighted by Crippen LogP contribution is -2.42. The van der Waals surface area contributed by atoms with Crippen molar-refractivity contribution in [2.24, 2.45) is 5.73 Å². The smallest absolute Gasteiger partial charge is 0.0417 e. The second kappa shape index (κ2) is 2.62. The van der Waals surface area contributed by atoms with Gasteiger partial charge in [-0.2, -0.15) is 0 Å². The van der Waals surface area contributed by atoms with Crippen LogP contribution in [-0.2, 0) is 10.8 Å². The Morgan fingerprint density at radius 1 is 1.60 bits per heavy atom. The summed E-state index contributed by atoms with van der Waals surface area (Å²) in [5, 5.41) is 0. The van der Waals surface area contributed by atoms with Crippen LogP contribution in [-0.4, -0.2) is 20.8 Å². The van der Waals surface area contributed by atoms with Crippen molar-refractivity contribution >= 4 is 10.8 Å². The Kier molecular flexibility index (Phi) is 2.15. The first-order chi connectivity index (χ1) is 4.52. The molecule has 1 aliphatic heterocycles. The minimum absolute atomic E-state index is 0.0440. The molecule has 0 aromatic heterocycles. The highest BCUT2D eigenvalue weighted by molar-refractivity contribution is 7.86. The maximum atomic E-state index is 11.3. The molecule has 0 bridgehead atoms. The van der Waals surface area contributed by atoms with Gasteiger partial charge in [0.15, 0.2) is 0 Å². The van der Waals surface area contributed by atoms with Crippen LogP contribution in [0.3, 0.4) is 0 Å². The summed E-state index contributed by atoms with van der Waals surface area (Å²) in [7, 11) is -0.651. The van der Waals surface area contributed by atoms with Crippen LogP contribution in [0.1, 0.15) is 26.7 Å². The normalized spacial score (nSPS) is 39.5. The minimum atomic E-state index is -0.651. The van der Waals surface area contributed by atoms with E-state index in [1.165, 1.54) is 0 Å². The summed E-state index contributed by atoms with van der Waals surface area (Å²) in [6.45, 7) is 4.06. The van der Waals surface area contributed by atoms with Gasteiger partial charge in [-0.25, -0.2) is 0 Å². The highest BCUT2D eigenvalue weighted by Crippen LogP contribution is 2.25. The maximum absolute atomic E-state index is 11.3. The van der Waals surface area contributed by atoms with E-state index in [9.17, 15) is 4.21 Å². The van der Waals surface area contributed by atoms with Crippen molar-refractivity contribution in [1.29, 1.82) is 0 Å². The highest BCUT2D eigenvalue weighted by Gasteiger charge is 2.32. The van der Waals surface area contributed by atoms with Crippen molar-refractivity contribution < 1.29 is 4.21 Å². The second-order valence-corrected chi connectivity index (χ2v) is 5.77. The fraction of sp³-hybridized carbons (Fsp3) is 1.00. The third-order valence-corrected chi connectivity index (χ3v) is 4.05. The third-order valence-electron chi connectivity index (χ3n) is 2.04. The Hall–Kier alpha value is 0.110. The number of rotatable bonds is 0. The van der Waals surface area contributed by atoms with Crippen LogP contribution < -0.4 is 5.73 Å². The van der Waals surface area contributed by atoms with E-state index in [4.69, 9.17) is 5.73 Å². The zero-order valence-corrected chi connectivity index (χ0v) is 7.41. The minimum Gasteiger partial charge on any atom is -0.328 e. The molecule has 0 spiro atoms. The Morgan fingerprint density at radius 3 is 2.60 bits per heavy atom. The first-order valence-electron chi connectivity index (χ1n) is 3.66. The fourth-order valence-electron chi connectivity index (χ4n) is 1.36. The van der Waals surface area contributed by atoms with Gasteiger partial charge in [0.05, 0.1) is 0 Å². The summed E-state index contributed by atoms with van der Waals surface area (Å²) in [5.74, 6) is 0.786. The molecule has 0 radical (unpaired) electrons. The van der Waals surface area contributed by atoms with Gasteiger partial charge in [-0.1, -0.05) is 0 Å². The van der Waals surface area contributed by atoms with Crippen molar-refractivity contribution in [3.63, 3.8) is 0 Å². The van der Waals surface area contributed by atoms with Gasteiger partial charge in [0.2, 0.25) is 0 Å². The van der Waals surface area contributed by atoms with Crippen molar-refractivity contribution in [3.05, 3.63) is 0 Å². The average molecular weight is 161 g/mol. The topological polar surface area (TPSA) is 43.1 Å². The van der Waals surface area contributed by atoms with Gasteiger partial charge in [0.25, 0.3) is 0 Å². The van der Waals surface area contributed by atoms with E-state index < -0.39 is 10.8 Å². The van der Waals surface area contributed by atoms with Gasteiger partial charge in [0, 0.05) is 27.3 Å². The number of nitrogens with two attached hydrogens (primary N) is 1. The molecule has 0 aliphatic carbocycles. The van der Waals surface area contributed by atoms with Crippen molar-refractivity contribution in [2.45, 2.75) is 37.5 Å². The number of hydrogen-bond acceptors (Lipinski definition) is 2. The van der Waals surface area contributed by atoms with Crippen molar-refractivity contribution in [3.8, 4) is 0 Å². The molecule has 3 heteroatoms. The van der Waals surface area contributed by atoms with Crippen molar-refractivity contribution in [1.82, 2.24) is 0 Å². The Labute approximate surface area is 64.6 Å². The Morgan fingerprint density at radius 2 is 2.20 bits per heavy atom. The Bertz CT molecular complexity index is 156. The monoisotopic (exact) mass is 161 g/mol. The zero-order valence-electron chi connectivity index (χ0n) is 6.59. The van der Waals surface area contributed by atoms with E-state index in [2.05, 4.69) is 0 Å². The summed E-state index contributed by atoms with van der Waals surface area (Å²) in [4.78, 5) is 0. The summed E-state index contributed by atoms with van der Waals surface area (Å²) in [6, 6.07) is 0.271. The van der Waals surface area contributed by atoms with E-state index in [1.807, 2.05) is 13.8 Å². The van der Waals surface area contributed by atoms with E-state index in [-0.39, 0.29) is 10.8 Å². The van der Waals surface area contributed by atoms with Crippen LogP contribution in [0.25, 0.3) is 0 Å².